The van der Waals surface area contributed by atoms with Crippen LogP contribution in [0.2, 0.25) is 0 Å². The Morgan fingerprint density at radius 1 is 1.32 bits per heavy atom. The number of carboxylic acids is 1. The zero-order valence-electron chi connectivity index (χ0n) is 10.3. The third kappa shape index (κ3) is 2.79. The lowest BCUT2D eigenvalue weighted by atomic mass is 10.1. The molecule has 1 unspecified atom stereocenters. The number of hydrogen-bond acceptors (Lipinski definition) is 3. The Balaban J connectivity index is 2.21. The molecule has 1 atom stereocenters. The van der Waals surface area contributed by atoms with Gasteiger partial charge in [-0.1, -0.05) is 30.3 Å². The van der Waals surface area contributed by atoms with Crippen LogP contribution in [0.3, 0.4) is 0 Å². The molecule has 2 N–H and O–H groups in total. The van der Waals surface area contributed by atoms with Crippen molar-refractivity contribution < 1.29 is 14.7 Å². The van der Waals surface area contributed by atoms with Gasteiger partial charge in [0.15, 0.2) is 6.04 Å². The topological polar surface area (TPSA) is 84.2 Å². The molecule has 2 rings (SSSR count). The van der Waals surface area contributed by atoms with Crippen molar-refractivity contribution in [1.29, 1.82) is 0 Å². The molecular formula is C13H13N3O3. The van der Waals surface area contributed by atoms with E-state index in [1.807, 2.05) is 0 Å². The second-order valence-electron chi connectivity index (χ2n) is 4.05. The average Bonchev–Trinajstić information content (AvgIpc) is 2.82. The van der Waals surface area contributed by atoms with E-state index in [2.05, 4.69) is 10.3 Å². The van der Waals surface area contributed by atoms with Gasteiger partial charge in [0.2, 0.25) is 0 Å². The molecule has 6 nitrogen and oxygen atoms in total. The number of aryl methyl sites for hydroxylation is 1. The number of nitrogens with zero attached hydrogens (tertiary/aromatic N) is 2. The number of carbonyl (C=O) groups is 2. The van der Waals surface area contributed by atoms with Gasteiger partial charge in [-0.3, -0.25) is 4.79 Å². The summed E-state index contributed by atoms with van der Waals surface area (Å²) < 4.78 is 1.53. The van der Waals surface area contributed by atoms with Gasteiger partial charge in [0.25, 0.3) is 5.91 Å². The first kappa shape index (κ1) is 12.8. The SMILES string of the molecule is Cn1cncc1C(=O)NC(C(=O)O)c1ccccc1. The highest BCUT2D eigenvalue weighted by molar-refractivity contribution is 5.95. The highest BCUT2D eigenvalue weighted by Crippen LogP contribution is 2.13. The number of amides is 1. The maximum atomic E-state index is 12.0. The monoisotopic (exact) mass is 259 g/mol. The maximum Gasteiger partial charge on any atom is 0.330 e. The molecule has 0 bridgehead atoms. The molecule has 0 saturated carbocycles. The Bertz CT molecular complexity index is 592. The van der Waals surface area contributed by atoms with Crippen LogP contribution in [0.4, 0.5) is 0 Å². The number of rotatable bonds is 4. The van der Waals surface area contributed by atoms with Crippen LogP contribution >= 0.6 is 0 Å². The standard InChI is InChI=1S/C13H13N3O3/c1-16-8-14-7-10(16)12(17)15-11(13(18)19)9-5-3-2-4-6-9/h2-8,11H,1H3,(H,15,17)(H,18,19). The molecule has 0 radical (unpaired) electrons. The molecule has 1 aromatic carbocycles. The number of carbonyl (C=O) groups excluding carboxylic acids is 1. The summed E-state index contributed by atoms with van der Waals surface area (Å²) in [7, 11) is 1.67. The Kier molecular flexibility index (Phi) is 3.61. The lowest BCUT2D eigenvalue weighted by molar-refractivity contribution is -0.139. The van der Waals surface area contributed by atoms with E-state index in [-0.39, 0.29) is 0 Å². The molecule has 2 aromatic rings. The van der Waals surface area contributed by atoms with Crippen molar-refractivity contribution in [2.24, 2.45) is 7.05 Å². The predicted molar refractivity (Wildman–Crippen MR) is 67.5 cm³/mol. The molecule has 6 heteroatoms. The molecule has 0 saturated heterocycles. The first-order valence-corrected chi connectivity index (χ1v) is 5.64. The minimum atomic E-state index is -1.11. The summed E-state index contributed by atoms with van der Waals surface area (Å²) in [5, 5.41) is 11.7. The van der Waals surface area contributed by atoms with Gasteiger partial charge in [0.1, 0.15) is 5.69 Å². The van der Waals surface area contributed by atoms with Crippen LogP contribution in [-0.2, 0) is 11.8 Å². The summed E-state index contributed by atoms with van der Waals surface area (Å²) in [5.74, 6) is -1.59. The number of aromatic nitrogens is 2. The van der Waals surface area contributed by atoms with Crippen LogP contribution in [0.1, 0.15) is 22.1 Å². The Hall–Kier alpha value is -2.63. The smallest absolute Gasteiger partial charge is 0.330 e. The van der Waals surface area contributed by atoms with E-state index < -0.39 is 17.9 Å². The number of aliphatic carboxylic acids is 1. The van der Waals surface area contributed by atoms with Crippen LogP contribution in [0.25, 0.3) is 0 Å². The minimum Gasteiger partial charge on any atom is -0.479 e. The third-order valence-electron chi connectivity index (χ3n) is 2.70. The van der Waals surface area contributed by atoms with E-state index >= 15 is 0 Å². The molecule has 0 aliphatic rings. The molecule has 0 aliphatic carbocycles. The Morgan fingerprint density at radius 3 is 2.53 bits per heavy atom. The fourth-order valence-electron chi connectivity index (χ4n) is 1.71. The fourth-order valence-corrected chi connectivity index (χ4v) is 1.71. The van der Waals surface area contributed by atoms with Gasteiger partial charge >= 0.3 is 5.97 Å². The van der Waals surface area contributed by atoms with E-state index in [1.54, 1.807) is 37.4 Å². The summed E-state index contributed by atoms with van der Waals surface area (Å²) in [6.07, 6.45) is 2.87. The van der Waals surface area contributed by atoms with Crippen molar-refractivity contribution in [3.63, 3.8) is 0 Å². The second kappa shape index (κ2) is 5.34. The maximum absolute atomic E-state index is 12.0. The van der Waals surface area contributed by atoms with E-state index in [0.29, 0.717) is 11.3 Å². The lowest BCUT2D eigenvalue weighted by Gasteiger charge is -2.14. The first-order chi connectivity index (χ1) is 9.09. The van der Waals surface area contributed by atoms with Gasteiger partial charge in [-0.25, -0.2) is 9.78 Å². The predicted octanol–water partition coefficient (Wildman–Crippen LogP) is 0.976. The normalized spacial score (nSPS) is 11.8. The van der Waals surface area contributed by atoms with Crippen molar-refractivity contribution in [2.75, 3.05) is 0 Å². The molecule has 0 spiro atoms. The van der Waals surface area contributed by atoms with E-state index in [1.165, 1.54) is 17.1 Å². The summed E-state index contributed by atoms with van der Waals surface area (Å²) in [4.78, 5) is 27.1. The van der Waals surface area contributed by atoms with Crippen molar-refractivity contribution in [3.05, 3.63) is 54.1 Å². The molecule has 0 aliphatic heterocycles. The molecule has 1 aromatic heterocycles. The highest BCUT2D eigenvalue weighted by Gasteiger charge is 2.23. The minimum absolute atomic E-state index is 0.308. The van der Waals surface area contributed by atoms with Crippen molar-refractivity contribution in [2.45, 2.75) is 6.04 Å². The van der Waals surface area contributed by atoms with Crippen molar-refractivity contribution in [3.8, 4) is 0 Å². The van der Waals surface area contributed by atoms with Crippen LogP contribution < -0.4 is 5.32 Å². The second-order valence-corrected chi connectivity index (χ2v) is 4.05. The number of carboxylic acid groups (broad SMARTS) is 1. The quantitative estimate of drug-likeness (QED) is 0.857. The van der Waals surface area contributed by atoms with Gasteiger partial charge in [-0.15, -0.1) is 0 Å². The zero-order valence-corrected chi connectivity index (χ0v) is 10.3. The van der Waals surface area contributed by atoms with Gasteiger partial charge in [0, 0.05) is 7.05 Å². The van der Waals surface area contributed by atoms with Gasteiger partial charge in [0.05, 0.1) is 12.5 Å². The third-order valence-corrected chi connectivity index (χ3v) is 2.70. The highest BCUT2D eigenvalue weighted by atomic mass is 16.4. The summed E-state index contributed by atoms with van der Waals surface area (Å²) in [6, 6.07) is 7.46. The van der Waals surface area contributed by atoms with Crippen molar-refractivity contribution in [1.82, 2.24) is 14.9 Å². The van der Waals surface area contributed by atoms with Crippen molar-refractivity contribution >= 4 is 11.9 Å². The van der Waals surface area contributed by atoms with Crippen LogP contribution in [0.15, 0.2) is 42.9 Å². The zero-order chi connectivity index (χ0) is 13.8. The molecule has 19 heavy (non-hydrogen) atoms. The summed E-state index contributed by atoms with van der Waals surface area (Å²) in [6.45, 7) is 0. The summed E-state index contributed by atoms with van der Waals surface area (Å²) >= 11 is 0. The molecule has 98 valence electrons. The number of nitrogens with one attached hydrogen (secondary N) is 1. The van der Waals surface area contributed by atoms with E-state index in [0.717, 1.165) is 0 Å². The van der Waals surface area contributed by atoms with E-state index in [9.17, 15) is 14.7 Å². The van der Waals surface area contributed by atoms with Crippen LogP contribution in [-0.4, -0.2) is 26.5 Å². The average molecular weight is 259 g/mol. The number of imidazole rings is 1. The molecular weight excluding hydrogens is 246 g/mol. The van der Waals surface area contributed by atoms with Crippen LogP contribution in [0.5, 0.6) is 0 Å². The molecule has 1 heterocycles. The number of benzene rings is 1. The van der Waals surface area contributed by atoms with E-state index in [4.69, 9.17) is 0 Å². The Morgan fingerprint density at radius 2 is 2.00 bits per heavy atom. The Labute approximate surface area is 109 Å². The number of hydrogen-bond donors (Lipinski definition) is 2. The summed E-state index contributed by atoms with van der Waals surface area (Å²) in [5.41, 5.74) is 0.827. The van der Waals surface area contributed by atoms with Gasteiger partial charge in [-0.05, 0) is 5.56 Å². The molecule has 1 amide bonds. The first-order valence-electron chi connectivity index (χ1n) is 5.64. The molecule has 0 fully saturated rings. The van der Waals surface area contributed by atoms with Gasteiger partial charge < -0.3 is 15.0 Å². The largest absolute Gasteiger partial charge is 0.479 e. The van der Waals surface area contributed by atoms with Crippen LogP contribution in [0, 0.1) is 0 Å². The van der Waals surface area contributed by atoms with Gasteiger partial charge in [-0.2, -0.15) is 0 Å². The lowest BCUT2D eigenvalue weighted by Crippen LogP contribution is -2.34. The fraction of sp³-hybridized carbons (Fsp3) is 0.154.